The van der Waals surface area contributed by atoms with E-state index in [4.69, 9.17) is 4.74 Å². The van der Waals surface area contributed by atoms with Gasteiger partial charge in [0.15, 0.2) is 0 Å². The van der Waals surface area contributed by atoms with Crippen molar-refractivity contribution in [3.8, 4) is 0 Å². The van der Waals surface area contributed by atoms with Gasteiger partial charge >= 0.3 is 0 Å². The molecule has 0 N–H and O–H groups in total. The Morgan fingerprint density at radius 2 is 2.11 bits per heavy atom. The number of rotatable bonds is 3. The van der Waals surface area contributed by atoms with Gasteiger partial charge < -0.3 is 9.64 Å². The van der Waals surface area contributed by atoms with Crippen molar-refractivity contribution >= 4 is 5.91 Å². The summed E-state index contributed by atoms with van der Waals surface area (Å²) in [5.41, 5.74) is 0. The van der Waals surface area contributed by atoms with Crippen LogP contribution in [0.25, 0.3) is 0 Å². The number of fused-ring (bicyclic) bond motifs is 2. The summed E-state index contributed by atoms with van der Waals surface area (Å²) in [6, 6.07) is 0.538. The van der Waals surface area contributed by atoms with Crippen LogP contribution >= 0.6 is 0 Å². The first-order valence-corrected chi connectivity index (χ1v) is 7.63. The van der Waals surface area contributed by atoms with Gasteiger partial charge in [0.05, 0.1) is 6.10 Å². The Morgan fingerprint density at radius 1 is 1.22 bits per heavy atom. The molecule has 2 aliphatic carbocycles. The highest BCUT2D eigenvalue weighted by Crippen LogP contribution is 2.37. The summed E-state index contributed by atoms with van der Waals surface area (Å²) >= 11 is 0. The third-order valence-electron chi connectivity index (χ3n) is 5.06. The molecule has 0 radical (unpaired) electrons. The van der Waals surface area contributed by atoms with E-state index in [9.17, 15) is 4.79 Å². The Hall–Kier alpha value is -0.570. The topological polar surface area (TPSA) is 29.5 Å². The van der Waals surface area contributed by atoms with Crippen LogP contribution in [0.3, 0.4) is 0 Å². The van der Waals surface area contributed by atoms with Gasteiger partial charge in [0.1, 0.15) is 6.61 Å². The fourth-order valence-electron chi connectivity index (χ4n) is 4.03. The van der Waals surface area contributed by atoms with Crippen molar-refractivity contribution in [3.63, 3.8) is 0 Å². The second-order valence-corrected chi connectivity index (χ2v) is 6.58. The third-order valence-corrected chi connectivity index (χ3v) is 5.06. The summed E-state index contributed by atoms with van der Waals surface area (Å²) in [7, 11) is 0. The first-order valence-electron chi connectivity index (χ1n) is 7.63. The Morgan fingerprint density at radius 3 is 2.78 bits per heavy atom. The molecular weight excluding hydrogens is 226 g/mol. The highest BCUT2D eigenvalue weighted by molar-refractivity contribution is 5.78. The molecule has 3 fully saturated rings. The minimum absolute atomic E-state index is 0.237. The van der Waals surface area contributed by atoms with Crippen LogP contribution in [0.5, 0.6) is 0 Å². The molecule has 1 aliphatic heterocycles. The van der Waals surface area contributed by atoms with Gasteiger partial charge in [-0.05, 0) is 43.9 Å². The lowest BCUT2D eigenvalue weighted by Gasteiger charge is -2.30. The van der Waals surface area contributed by atoms with Gasteiger partial charge in [0.25, 0.3) is 0 Å². The van der Waals surface area contributed by atoms with Crippen molar-refractivity contribution in [2.75, 3.05) is 13.2 Å². The van der Waals surface area contributed by atoms with E-state index in [0.29, 0.717) is 18.8 Å². The summed E-state index contributed by atoms with van der Waals surface area (Å²) < 4.78 is 5.84. The van der Waals surface area contributed by atoms with Crippen molar-refractivity contribution in [2.24, 2.45) is 11.8 Å². The zero-order chi connectivity index (χ0) is 12.5. The van der Waals surface area contributed by atoms with E-state index >= 15 is 0 Å². The molecule has 3 heteroatoms. The average molecular weight is 251 g/mol. The van der Waals surface area contributed by atoms with Crippen LogP contribution in [0, 0.1) is 11.8 Å². The van der Waals surface area contributed by atoms with Crippen molar-refractivity contribution in [2.45, 2.75) is 64.0 Å². The summed E-state index contributed by atoms with van der Waals surface area (Å²) in [5, 5.41) is 0. The highest BCUT2D eigenvalue weighted by atomic mass is 16.5. The number of carbonyl (C=O) groups is 1. The molecule has 4 atom stereocenters. The van der Waals surface area contributed by atoms with Crippen LogP contribution in [0.2, 0.25) is 0 Å². The molecule has 102 valence electrons. The van der Waals surface area contributed by atoms with Crippen molar-refractivity contribution in [3.05, 3.63) is 0 Å². The predicted molar refractivity (Wildman–Crippen MR) is 70.2 cm³/mol. The maximum Gasteiger partial charge on any atom is 0.248 e. The van der Waals surface area contributed by atoms with E-state index in [-0.39, 0.29) is 5.91 Å². The lowest BCUT2D eigenvalue weighted by Crippen LogP contribution is -2.40. The molecule has 3 aliphatic rings. The fourth-order valence-corrected chi connectivity index (χ4v) is 4.03. The van der Waals surface area contributed by atoms with E-state index in [1.165, 1.54) is 32.1 Å². The maximum atomic E-state index is 12.2. The van der Waals surface area contributed by atoms with Crippen molar-refractivity contribution in [1.82, 2.24) is 4.90 Å². The second kappa shape index (κ2) is 5.20. The molecule has 2 bridgehead atoms. The summed E-state index contributed by atoms with van der Waals surface area (Å²) in [4.78, 5) is 14.2. The third kappa shape index (κ3) is 2.56. The molecule has 4 unspecified atom stereocenters. The van der Waals surface area contributed by atoms with Gasteiger partial charge in [-0.2, -0.15) is 0 Å². The summed E-state index contributed by atoms with van der Waals surface area (Å²) in [5.74, 6) is 1.79. The summed E-state index contributed by atoms with van der Waals surface area (Å²) in [6.07, 6.45) is 8.98. The summed E-state index contributed by atoms with van der Waals surface area (Å²) in [6.45, 7) is 3.60. The number of nitrogens with zero attached hydrogens (tertiary/aromatic N) is 1. The van der Waals surface area contributed by atoms with Gasteiger partial charge in [-0.1, -0.05) is 19.8 Å². The van der Waals surface area contributed by atoms with Crippen LogP contribution < -0.4 is 0 Å². The van der Waals surface area contributed by atoms with Crippen molar-refractivity contribution in [1.29, 1.82) is 0 Å². The average Bonchev–Trinajstić information content (AvgIpc) is 2.98. The SMILES string of the molecule is CC1CCCC(OCC(=O)N2CC3CCC2C3)C1. The lowest BCUT2D eigenvalue weighted by atomic mass is 9.89. The molecule has 0 aromatic heterocycles. The van der Waals surface area contributed by atoms with E-state index in [2.05, 4.69) is 11.8 Å². The molecule has 2 saturated carbocycles. The molecule has 1 heterocycles. The number of amides is 1. The van der Waals surface area contributed by atoms with Gasteiger partial charge in [0, 0.05) is 12.6 Å². The second-order valence-electron chi connectivity index (χ2n) is 6.58. The number of likely N-dealkylation sites (tertiary alicyclic amines) is 1. The van der Waals surface area contributed by atoms with Crippen molar-refractivity contribution < 1.29 is 9.53 Å². The van der Waals surface area contributed by atoms with Crippen LogP contribution in [0.4, 0.5) is 0 Å². The molecule has 0 aromatic carbocycles. The first-order chi connectivity index (χ1) is 8.72. The van der Waals surface area contributed by atoms with Gasteiger partial charge in [-0.3, -0.25) is 4.79 Å². The zero-order valence-corrected chi connectivity index (χ0v) is 11.4. The largest absolute Gasteiger partial charge is 0.368 e. The Balaban J connectivity index is 1.44. The Kier molecular flexibility index (Phi) is 3.60. The normalized spacial score (nSPS) is 39.3. The molecule has 3 nitrogen and oxygen atoms in total. The van der Waals surface area contributed by atoms with Crippen LogP contribution in [0.1, 0.15) is 51.9 Å². The Bertz CT molecular complexity index is 318. The number of hydrogen-bond acceptors (Lipinski definition) is 2. The zero-order valence-electron chi connectivity index (χ0n) is 11.4. The van der Waals surface area contributed by atoms with Gasteiger partial charge in [-0.25, -0.2) is 0 Å². The molecule has 3 rings (SSSR count). The minimum atomic E-state index is 0.237. The van der Waals surface area contributed by atoms with Gasteiger partial charge in [-0.15, -0.1) is 0 Å². The van der Waals surface area contributed by atoms with E-state index in [0.717, 1.165) is 31.2 Å². The quantitative estimate of drug-likeness (QED) is 0.771. The standard InChI is InChI=1S/C15H25NO2/c1-11-3-2-4-14(7-11)18-10-15(17)16-9-12-5-6-13(16)8-12/h11-14H,2-10H2,1H3. The van der Waals surface area contributed by atoms with E-state index in [1.807, 2.05) is 0 Å². The maximum absolute atomic E-state index is 12.2. The number of hydrogen-bond donors (Lipinski definition) is 0. The predicted octanol–water partition coefficient (Wildman–Crippen LogP) is 2.59. The highest BCUT2D eigenvalue weighted by Gasteiger charge is 2.40. The first kappa shape index (κ1) is 12.5. The fraction of sp³-hybridized carbons (Fsp3) is 0.933. The molecule has 18 heavy (non-hydrogen) atoms. The molecule has 0 spiro atoms. The number of ether oxygens (including phenoxy) is 1. The number of piperidine rings is 1. The Labute approximate surface area is 110 Å². The molecule has 0 aromatic rings. The van der Waals surface area contributed by atoms with Crippen LogP contribution in [-0.4, -0.2) is 36.1 Å². The lowest BCUT2D eigenvalue weighted by molar-refractivity contribution is -0.140. The molecule has 1 saturated heterocycles. The smallest absolute Gasteiger partial charge is 0.248 e. The molecular formula is C15H25NO2. The van der Waals surface area contributed by atoms with Crippen LogP contribution in [-0.2, 0) is 9.53 Å². The van der Waals surface area contributed by atoms with E-state index < -0.39 is 0 Å². The monoisotopic (exact) mass is 251 g/mol. The molecule has 1 amide bonds. The minimum Gasteiger partial charge on any atom is -0.368 e. The van der Waals surface area contributed by atoms with Gasteiger partial charge in [0.2, 0.25) is 5.91 Å². The number of carbonyl (C=O) groups excluding carboxylic acids is 1. The van der Waals surface area contributed by atoms with E-state index in [1.54, 1.807) is 0 Å². The van der Waals surface area contributed by atoms with Crippen LogP contribution in [0.15, 0.2) is 0 Å².